The van der Waals surface area contributed by atoms with Gasteiger partial charge in [0.05, 0.1) is 55.1 Å². The van der Waals surface area contributed by atoms with E-state index in [2.05, 4.69) is 35.7 Å². The number of carbonyl (C=O) groups excluding carboxylic acids is 1. The molecule has 0 spiro atoms. The van der Waals surface area contributed by atoms with Crippen molar-refractivity contribution in [3.05, 3.63) is 118 Å². The maximum atomic E-state index is 13.9. The van der Waals surface area contributed by atoms with Gasteiger partial charge in [0.2, 0.25) is 5.78 Å². The maximum absolute atomic E-state index is 13.9. The fourth-order valence-electron chi connectivity index (χ4n) is 5.31. The number of azo groups is 2. The number of allylic oxidation sites excluding steroid dienone is 6. The normalized spacial score (nSPS) is 14.7. The first-order valence-corrected chi connectivity index (χ1v) is 21.2. The monoisotopic (exact) mass is 1010 g/mol. The molecule has 2 aliphatic rings. The van der Waals surface area contributed by atoms with Crippen molar-refractivity contribution >= 4 is 110 Å². The number of ketones is 1. The molecular formula is C34H20ClN9Na3O16S3+. The van der Waals surface area contributed by atoms with Crippen molar-refractivity contribution in [2.75, 3.05) is 5.23 Å². The van der Waals surface area contributed by atoms with E-state index in [-0.39, 0.29) is 127 Å². The van der Waals surface area contributed by atoms with E-state index in [4.69, 9.17) is 11.6 Å². The van der Waals surface area contributed by atoms with Gasteiger partial charge in [-0.2, -0.15) is 27.7 Å². The number of benzene rings is 4. The van der Waals surface area contributed by atoms with Crippen LogP contribution in [0, 0.1) is 10.1 Å². The van der Waals surface area contributed by atoms with Crippen molar-refractivity contribution in [1.29, 1.82) is 0 Å². The third-order valence-corrected chi connectivity index (χ3v) is 11.1. The van der Waals surface area contributed by atoms with Crippen LogP contribution in [0.1, 0.15) is 0 Å². The summed E-state index contributed by atoms with van der Waals surface area (Å²) in [6.45, 7) is 0. The van der Waals surface area contributed by atoms with Crippen LogP contribution in [0.15, 0.2) is 153 Å². The average Bonchev–Trinajstić information content (AvgIpc) is 3.19. The summed E-state index contributed by atoms with van der Waals surface area (Å²) in [5.74, 6) is -3.40. The molecule has 324 valence electrons. The molecule has 0 heterocycles. The van der Waals surface area contributed by atoms with Crippen LogP contribution in [0.3, 0.4) is 0 Å². The second-order valence-corrected chi connectivity index (χ2v) is 17.0. The van der Waals surface area contributed by atoms with E-state index in [1.807, 2.05) is 0 Å². The van der Waals surface area contributed by atoms with E-state index in [0.717, 1.165) is 36.4 Å². The van der Waals surface area contributed by atoms with Crippen LogP contribution in [0.25, 0.3) is 10.8 Å². The summed E-state index contributed by atoms with van der Waals surface area (Å²) in [6.07, 6.45) is 6.61. The van der Waals surface area contributed by atoms with Crippen LogP contribution in [0.4, 0.5) is 34.1 Å². The van der Waals surface area contributed by atoms with Gasteiger partial charge in [-0.15, -0.1) is 25.7 Å². The molecule has 4 aromatic carbocycles. The van der Waals surface area contributed by atoms with E-state index in [9.17, 15) is 74.8 Å². The van der Waals surface area contributed by atoms with E-state index in [1.54, 1.807) is 0 Å². The zero-order valence-corrected chi connectivity index (χ0v) is 42.7. The number of anilines is 1. The van der Waals surface area contributed by atoms with Gasteiger partial charge in [-0.3, -0.25) is 29.9 Å². The molecule has 0 amide bonds. The van der Waals surface area contributed by atoms with Crippen molar-refractivity contribution < 1.29 is 158 Å². The van der Waals surface area contributed by atoms with Crippen LogP contribution in [0.2, 0.25) is 5.02 Å². The first-order valence-electron chi connectivity index (χ1n) is 16.5. The number of hydrogen-bond acceptors (Lipinski definition) is 21. The van der Waals surface area contributed by atoms with Crippen LogP contribution in [-0.4, -0.2) is 73.3 Å². The van der Waals surface area contributed by atoms with Gasteiger partial charge in [-0.25, -0.2) is 13.4 Å². The van der Waals surface area contributed by atoms with Crippen LogP contribution < -0.4 is 104 Å². The fourth-order valence-corrected chi connectivity index (χ4v) is 7.37. The molecule has 6 rings (SSSR count). The van der Waals surface area contributed by atoms with Gasteiger partial charge in [-0.1, -0.05) is 23.1 Å². The summed E-state index contributed by atoms with van der Waals surface area (Å²) < 4.78 is 102. The van der Waals surface area contributed by atoms with Gasteiger partial charge in [-0.05, 0) is 88.5 Å². The molecule has 0 atom stereocenters. The molecule has 66 heavy (non-hydrogen) atoms. The Morgan fingerprint density at radius 3 is 1.97 bits per heavy atom. The van der Waals surface area contributed by atoms with Crippen LogP contribution in [-0.2, 0) is 39.7 Å². The quantitative estimate of drug-likeness (QED) is 0.0181. The molecule has 25 nitrogen and oxygen atoms in total. The van der Waals surface area contributed by atoms with Crippen LogP contribution in [0.5, 0.6) is 5.75 Å². The van der Waals surface area contributed by atoms with Crippen molar-refractivity contribution in [2.45, 2.75) is 14.7 Å². The molecule has 0 fully saturated rings. The standard InChI is InChI=1S/C34H22ClN9O16S3.3Na/c35-22-11-19(43(48)49)5-7-23(22)38-42-33-31(63(58,59)60)10-16-9-21(61(52,53)54)13-27(32(16)34(33)47)41-40-26-14-25(28(45)15-29(26)46)39-37-18-3-1-17(2-4-18)36-24-8-6-20(44(50)51)12-30(24)62(55,56)57;;;/h1-15,48-49H,(H5-,38,45,46,47,52,53,54,55,56,57,58,59,60);;;/q;3*+1/p-2. The van der Waals surface area contributed by atoms with E-state index >= 15 is 0 Å². The summed E-state index contributed by atoms with van der Waals surface area (Å²) in [4.78, 5) is 24.2. The molecule has 0 radical (unpaired) electrons. The third kappa shape index (κ3) is 13.3. The molecule has 2 aliphatic carbocycles. The van der Waals surface area contributed by atoms with E-state index in [0.29, 0.717) is 30.3 Å². The first kappa shape index (κ1) is 56.2. The molecule has 4 aromatic rings. The Labute approximate surface area is 442 Å². The number of fused-ring (bicyclic) bond motifs is 1. The van der Waals surface area contributed by atoms with Gasteiger partial charge in [0.1, 0.15) is 32.1 Å². The Morgan fingerprint density at radius 1 is 0.773 bits per heavy atom. The minimum absolute atomic E-state index is 0. The molecular weight excluding hydrogens is 991 g/mol. The minimum atomic E-state index is -5.37. The predicted molar refractivity (Wildman–Crippen MR) is 213 cm³/mol. The fraction of sp³-hybridized carbons (Fsp3) is 0. The average molecular weight is 1010 g/mol. The number of hydrogen-bond donors (Lipinski definition) is 5. The van der Waals surface area contributed by atoms with Crippen LogP contribution >= 0.6 is 11.6 Å². The maximum Gasteiger partial charge on any atom is 1.00 e. The largest absolute Gasteiger partial charge is 1.00 e. The number of rotatable bonds is 11. The number of halogens is 1. The number of carbonyl (C=O) groups is 1. The number of nitrogens with zero attached hydrogens (tertiary/aromatic N) is 9. The summed E-state index contributed by atoms with van der Waals surface area (Å²) in [7, 11) is -15.4. The molecule has 0 saturated heterocycles. The van der Waals surface area contributed by atoms with E-state index in [1.165, 1.54) is 24.3 Å². The Balaban J connectivity index is 0.00000385. The minimum Gasteiger partial charge on any atom is -0.871 e. The predicted octanol–water partition coefficient (Wildman–Crippen LogP) is -4.07. The Morgan fingerprint density at radius 2 is 1.39 bits per heavy atom. The zero-order valence-electron chi connectivity index (χ0n) is 33.5. The molecule has 0 bridgehead atoms. The number of non-ortho nitro benzene ring substituents is 1. The topological polar surface area (TPSA) is 406 Å². The summed E-state index contributed by atoms with van der Waals surface area (Å²) in [5, 5.41) is 76.7. The van der Waals surface area contributed by atoms with Crippen molar-refractivity contribution in [2.24, 2.45) is 35.7 Å². The van der Waals surface area contributed by atoms with Gasteiger partial charge < -0.3 is 14.8 Å². The zero-order chi connectivity index (χ0) is 46.2. The number of nitro groups is 1. The van der Waals surface area contributed by atoms with E-state index < -0.39 is 107 Å². The van der Waals surface area contributed by atoms with Gasteiger partial charge in [0.25, 0.3) is 20.7 Å². The smallest absolute Gasteiger partial charge is 0.871 e. The second kappa shape index (κ2) is 22.3. The van der Waals surface area contributed by atoms with Crippen molar-refractivity contribution in [3.63, 3.8) is 0 Å². The Kier molecular flexibility index (Phi) is 19.0. The summed E-state index contributed by atoms with van der Waals surface area (Å²) >= 11 is 6.07. The molecule has 32 heteroatoms. The third-order valence-electron chi connectivity index (χ3n) is 8.19. The molecule has 5 N–H and O–H groups in total. The SMILES string of the molecule is O=C1C=C([O-])C(=NN=C2C=CC(=Nc3ccc([N+](=O)[O-])cc3[S+](=O)(O)O)C=C2)C=C1N=Nc1cc(S(=O)(=O)[O-])cc2cc(S(=O)(=O)O)c(N=Nc3ccc(N(O)O)cc3Cl)c([O-])c12.[Na+].[Na+].[Na+]. The first-order chi connectivity index (χ1) is 29.4. The van der Waals surface area contributed by atoms with Crippen molar-refractivity contribution in [1.82, 2.24) is 0 Å². The molecule has 0 saturated carbocycles. The second-order valence-electron chi connectivity index (χ2n) is 12.4. The Hall–Kier alpha value is -4.12. The van der Waals surface area contributed by atoms with Crippen molar-refractivity contribution in [3.8, 4) is 5.75 Å². The molecule has 0 unspecified atom stereocenters. The molecule has 0 aromatic heterocycles. The number of aliphatic imine (C=N–C) groups is 1. The summed E-state index contributed by atoms with van der Waals surface area (Å²) in [5.41, 5.74) is -4.14. The summed E-state index contributed by atoms with van der Waals surface area (Å²) in [6, 6.07) is 7.61. The number of nitro benzene ring substituents is 1. The van der Waals surface area contributed by atoms with Gasteiger partial charge in [0.15, 0.2) is 0 Å². The molecule has 0 aliphatic heterocycles. The Bertz CT molecular complexity index is 3240. The van der Waals surface area contributed by atoms with Gasteiger partial charge in [0, 0.05) is 11.5 Å². The van der Waals surface area contributed by atoms with Gasteiger partial charge >= 0.3 is 99.2 Å².